The Morgan fingerprint density at radius 2 is 2.00 bits per heavy atom. The summed E-state index contributed by atoms with van der Waals surface area (Å²) >= 11 is 3.38. The predicted molar refractivity (Wildman–Crippen MR) is 85.4 cm³/mol. The summed E-state index contributed by atoms with van der Waals surface area (Å²) in [5.74, 6) is 0.730. The van der Waals surface area contributed by atoms with Crippen LogP contribution in [-0.4, -0.2) is 31.0 Å². The molecule has 1 saturated carbocycles. The molecule has 1 N–H and O–H groups in total. The lowest BCUT2D eigenvalue weighted by Gasteiger charge is -2.33. The van der Waals surface area contributed by atoms with Crippen molar-refractivity contribution in [3.63, 3.8) is 0 Å². The molecular formula is C15H21BrO4S. The molecule has 0 unspecified atom stereocenters. The Bertz CT molecular complexity index is 600. The van der Waals surface area contributed by atoms with Gasteiger partial charge in [-0.05, 0) is 66.7 Å². The number of sulfone groups is 1. The maximum absolute atomic E-state index is 11.8. The summed E-state index contributed by atoms with van der Waals surface area (Å²) in [5, 5.41) is 9.93. The Kier molecular flexibility index (Phi) is 5.00. The zero-order valence-corrected chi connectivity index (χ0v) is 14.7. The van der Waals surface area contributed by atoms with Gasteiger partial charge in [0.25, 0.3) is 0 Å². The summed E-state index contributed by atoms with van der Waals surface area (Å²) in [7, 11) is -3.20. The van der Waals surface area contributed by atoms with Crippen LogP contribution in [0.2, 0.25) is 0 Å². The van der Waals surface area contributed by atoms with E-state index in [1.807, 2.05) is 6.92 Å². The van der Waals surface area contributed by atoms with Gasteiger partial charge in [0, 0.05) is 0 Å². The molecule has 6 heteroatoms. The van der Waals surface area contributed by atoms with Crippen LogP contribution in [0.15, 0.2) is 27.6 Å². The van der Waals surface area contributed by atoms with Crippen molar-refractivity contribution in [2.75, 3.05) is 5.75 Å². The van der Waals surface area contributed by atoms with E-state index in [0.717, 1.165) is 25.7 Å². The molecule has 21 heavy (non-hydrogen) atoms. The van der Waals surface area contributed by atoms with Crippen molar-refractivity contribution in [2.24, 2.45) is 0 Å². The second kappa shape index (κ2) is 6.26. The van der Waals surface area contributed by atoms with Gasteiger partial charge in [0.2, 0.25) is 0 Å². The van der Waals surface area contributed by atoms with Gasteiger partial charge in [-0.3, -0.25) is 0 Å². The van der Waals surface area contributed by atoms with Crippen LogP contribution in [0.3, 0.4) is 0 Å². The lowest BCUT2D eigenvalue weighted by Crippen LogP contribution is -2.34. The number of rotatable bonds is 4. The van der Waals surface area contributed by atoms with Crippen LogP contribution in [-0.2, 0) is 9.84 Å². The molecule has 1 aromatic rings. The average Bonchev–Trinajstić information content (AvgIpc) is 2.43. The summed E-state index contributed by atoms with van der Waals surface area (Å²) in [6.45, 7) is 3.48. The summed E-state index contributed by atoms with van der Waals surface area (Å²) in [4.78, 5) is 0.302. The fourth-order valence-corrected chi connectivity index (χ4v) is 3.98. The van der Waals surface area contributed by atoms with E-state index in [2.05, 4.69) is 15.9 Å². The molecule has 1 aromatic carbocycles. The van der Waals surface area contributed by atoms with Gasteiger partial charge in [-0.25, -0.2) is 8.42 Å². The van der Waals surface area contributed by atoms with Crippen LogP contribution in [0.1, 0.15) is 39.5 Å². The third kappa shape index (κ3) is 4.20. The minimum absolute atomic E-state index is 0.0650. The summed E-state index contributed by atoms with van der Waals surface area (Å²) in [6.07, 6.45) is 3.10. The van der Waals surface area contributed by atoms with Crippen molar-refractivity contribution in [3.8, 4) is 5.75 Å². The average molecular weight is 377 g/mol. The zero-order valence-electron chi connectivity index (χ0n) is 12.3. The molecule has 0 radical (unpaired) electrons. The van der Waals surface area contributed by atoms with Gasteiger partial charge in [0.1, 0.15) is 5.75 Å². The van der Waals surface area contributed by atoms with Crippen LogP contribution in [0, 0.1) is 0 Å². The van der Waals surface area contributed by atoms with Crippen molar-refractivity contribution in [1.82, 2.24) is 0 Å². The number of halogens is 1. The van der Waals surface area contributed by atoms with Crippen molar-refractivity contribution < 1.29 is 18.3 Å². The third-order valence-corrected chi connectivity index (χ3v) is 6.30. The Hall–Kier alpha value is -0.590. The first-order chi connectivity index (χ1) is 9.73. The number of hydrogen-bond acceptors (Lipinski definition) is 4. The molecule has 0 spiro atoms. The highest BCUT2D eigenvalue weighted by molar-refractivity contribution is 9.10. The molecule has 0 bridgehead atoms. The number of benzene rings is 1. The second-order valence-corrected chi connectivity index (χ2v) is 8.94. The van der Waals surface area contributed by atoms with E-state index in [0.29, 0.717) is 15.1 Å². The highest BCUT2D eigenvalue weighted by Gasteiger charge is 2.30. The summed E-state index contributed by atoms with van der Waals surface area (Å²) in [6, 6.07) is 4.87. The Morgan fingerprint density at radius 3 is 2.52 bits per heavy atom. The maximum Gasteiger partial charge on any atom is 0.178 e. The van der Waals surface area contributed by atoms with Gasteiger partial charge < -0.3 is 9.84 Å². The monoisotopic (exact) mass is 376 g/mol. The maximum atomic E-state index is 11.8. The third-order valence-electron chi connectivity index (χ3n) is 3.95. The number of hydrogen-bond donors (Lipinski definition) is 1. The molecule has 1 aliphatic rings. The van der Waals surface area contributed by atoms with Crippen LogP contribution in [0.4, 0.5) is 0 Å². The molecule has 0 heterocycles. The van der Waals surface area contributed by atoms with E-state index >= 15 is 0 Å². The zero-order chi connectivity index (χ0) is 15.7. The molecule has 0 atom stereocenters. The van der Waals surface area contributed by atoms with Crippen molar-refractivity contribution in [2.45, 2.75) is 56.1 Å². The van der Waals surface area contributed by atoms with Gasteiger partial charge in [-0.1, -0.05) is 6.92 Å². The lowest BCUT2D eigenvalue weighted by atomic mass is 9.85. The first-order valence-electron chi connectivity index (χ1n) is 7.15. The predicted octanol–water partition coefficient (Wildman–Crippen LogP) is 3.32. The first-order valence-corrected chi connectivity index (χ1v) is 9.59. The highest BCUT2D eigenvalue weighted by Crippen LogP contribution is 2.34. The Balaban J connectivity index is 2.09. The van der Waals surface area contributed by atoms with E-state index in [4.69, 9.17) is 4.74 Å². The molecule has 118 valence electrons. The highest BCUT2D eigenvalue weighted by atomic mass is 79.9. The molecule has 0 aromatic heterocycles. The SMILES string of the molecule is CCS(=O)(=O)c1ccc(OC2CCC(C)(O)CC2)c(Br)c1. The summed E-state index contributed by atoms with van der Waals surface area (Å²) < 4.78 is 30.2. The minimum Gasteiger partial charge on any atom is -0.489 e. The van der Waals surface area contributed by atoms with Crippen LogP contribution < -0.4 is 4.74 Å². The smallest absolute Gasteiger partial charge is 0.178 e. The fraction of sp³-hybridized carbons (Fsp3) is 0.600. The van der Waals surface area contributed by atoms with Crippen molar-refractivity contribution >= 4 is 25.8 Å². The van der Waals surface area contributed by atoms with Crippen LogP contribution in [0.25, 0.3) is 0 Å². The van der Waals surface area contributed by atoms with E-state index in [1.165, 1.54) is 0 Å². The quantitative estimate of drug-likeness (QED) is 0.875. The molecule has 2 rings (SSSR count). The number of ether oxygens (including phenoxy) is 1. The number of aliphatic hydroxyl groups is 1. The van der Waals surface area contributed by atoms with E-state index < -0.39 is 15.4 Å². The molecular weight excluding hydrogens is 356 g/mol. The molecule has 4 nitrogen and oxygen atoms in total. The first kappa shape index (κ1) is 16.8. The van der Waals surface area contributed by atoms with E-state index in [-0.39, 0.29) is 11.9 Å². The van der Waals surface area contributed by atoms with Gasteiger partial charge in [0.05, 0.1) is 26.8 Å². The molecule has 0 amide bonds. The minimum atomic E-state index is -3.20. The van der Waals surface area contributed by atoms with Gasteiger partial charge in [-0.15, -0.1) is 0 Å². The van der Waals surface area contributed by atoms with Crippen LogP contribution >= 0.6 is 15.9 Å². The molecule has 0 aliphatic heterocycles. The second-order valence-electron chi connectivity index (χ2n) is 5.81. The van der Waals surface area contributed by atoms with E-state index in [9.17, 15) is 13.5 Å². The molecule has 1 aliphatic carbocycles. The summed E-state index contributed by atoms with van der Waals surface area (Å²) in [5.41, 5.74) is -0.587. The molecule has 0 saturated heterocycles. The Morgan fingerprint density at radius 1 is 1.38 bits per heavy atom. The standard InChI is InChI=1S/C15H21BrO4S/c1-3-21(18,19)12-4-5-14(13(16)10-12)20-11-6-8-15(2,17)9-7-11/h4-5,10-11,17H,3,6-9H2,1-2H3. The Labute approximate surface area is 134 Å². The van der Waals surface area contributed by atoms with Crippen LogP contribution in [0.5, 0.6) is 5.75 Å². The normalized spacial score (nSPS) is 26.6. The lowest BCUT2D eigenvalue weighted by molar-refractivity contribution is -0.0110. The van der Waals surface area contributed by atoms with Gasteiger partial charge in [-0.2, -0.15) is 0 Å². The van der Waals surface area contributed by atoms with Crippen molar-refractivity contribution in [3.05, 3.63) is 22.7 Å². The van der Waals surface area contributed by atoms with Gasteiger partial charge in [0.15, 0.2) is 9.84 Å². The fourth-order valence-electron chi connectivity index (χ4n) is 2.45. The van der Waals surface area contributed by atoms with Gasteiger partial charge >= 0.3 is 0 Å². The van der Waals surface area contributed by atoms with Crippen molar-refractivity contribution in [1.29, 1.82) is 0 Å². The van der Waals surface area contributed by atoms with E-state index in [1.54, 1.807) is 25.1 Å². The largest absolute Gasteiger partial charge is 0.489 e. The molecule has 1 fully saturated rings. The topological polar surface area (TPSA) is 63.6 Å².